The molecule has 3 rings (SSSR count). The van der Waals surface area contributed by atoms with Crippen LogP contribution < -0.4 is 14.9 Å². The Balaban J connectivity index is 1.78. The van der Waals surface area contributed by atoms with Crippen molar-refractivity contribution in [3.05, 3.63) is 88.2 Å². The van der Waals surface area contributed by atoms with Gasteiger partial charge in [0.15, 0.2) is 11.5 Å². The van der Waals surface area contributed by atoms with Crippen molar-refractivity contribution in [3.8, 4) is 11.5 Å². The largest absolute Gasteiger partial charge is 0.493 e. The van der Waals surface area contributed by atoms with Crippen molar-refractivity contribution >= 4 is 23.5 Å². The first-order valence-corrected chi connectivity index (χ1v) is 9.04. The lowest BCUT2D eigenvalue weighted by Gasteiger charge is -2.13. The number of hydrogen-bond acceptors (Lipinski definition) is 4. The fraction of sp³-hybridized carbons (Fsp3) is 0.136. The molecule has 0 amide bonds. The van der Waals surface area contributed by atoms with E-state index in [0.717, 1.165) is 11.3 Å². The van der Waals surface area contributed by atoms with E-state index in [1.807, 2.05) is 31.2 Å². The Labute approximate surface area is 168 Å². The van der Waals surface area contributed by atoms with Crippen molar-refractivity contribution in [2.45, 2.75) is 13.5 Å². The normalized spacial score (nSPS) is 10.9. The van der Waals surface area contributed by atoms with Gasteiger partial charge < -0.3 is 9.47 Å². The van der Waals surface area contributed by atoms with Gasteiger partial charge in [-0.3, -0.25) is 5.43 Å². The minimum atomic E-state index is -0.314. The summed E-state index contributed by atoms with van der Waals surface area (Å²) in [6.07, 6.45) is 1.62. The number of benzene rings is 3. The number of methoxy groups -OCH3 is 1. The third-order valence-electron chi connectivity index (χ3n) is 4.13. The zero-order chi connectivity index (χ0) is 19.9. The van der Waals surface area contributed by atoms with Crippen LogP contribution in [0.1, 0.15) is 16.7 Å². The van der Waals surface area contributed by atoms with Crippen LogP contribution >= 0.6 is 11.6 Å². The first-order chi connectivity index (χ1) is 13.6. The maximum Gasteiger partial charge on any atom is 0.170 e. The van der Waals surface area contributed by atoms with Gasteiger partial charge in [0.25, 0.3) is 0 Å². The van der Waals surface area contributed by atoms with Crippen molar-refractivity contribution in [2.24, 2.45) is 5.10 Å². The molecule has 0 radical (unpaired) electrons. The second-order valence-electron chi connectivity index (χ2n) is 6.09. The minimum absolute atomic E-state index is 0.0783. The fourth-order valence-corrected chi connectivity index (χ4v) is 2.73. The number of para-hydroxylation sites is 1. The first-order valence-electron chi connectivity index (χ1n) is 8.67. The van der Waals surface area contributed by atoms with Crippen LogP contribution in [0.5, 0.6) is 11.5 Å². The van der Waals surface area contributed by atoms with E-state index in [0.29, 0.717) is 27.6 Å². The van der Waals surface area contributed by atoms with Crippen LogP contribution in [0.4, 0.5) is 10.1 Å². The summed E-state index contributed by atoms with van der Waals surface area (Å²) in [5.74, 6) is 0.713. The van der Waals surface area contributed by atoms with Gasteiger partial charge in [0.2, 0.25) is 0 Å². The zero-order valence-corrected chi connectivity index (χ0v) is 16.3. The number of anilines is 1. The quantitative estimate of drug-likeness (QED) is 0.402. The summed E-state index contributed by atoms with van der Waals surface area (Å²) in [6.45, 7) is 2.01. The summed E-state index contributed by atoms with van der Waals surface area (Å²) >= 11 is 6.13. The number of aryl methyl sites for hydroxylation is 1. The Morgan fingerprint density at radius 2 is 1.93 bits per heavy atom. The molecule has 3 aromatic rings. The van der Waals surface area contributed by atoms with Gasteiger partial charge in [-0.2, -0.15) is 5.10 Å². The Bertz CT molecular complexity index is 992. The first kappa shape index (κ1) is 19.7. The zero-order valence-electron chi connectivity index (χ0n) is 15.6. The molecule has 0 spiro atoms. The lowest BCUT2D eigenvalue weighted by Crippen LogP contribution is -2.03. The standard InChI is InChI=1S/C22H20ClFN2O2/c1-15-10-11-18(12-19(15)23)26-25-13-16-7-5-9-21(27-2)22(16)28-14-17-6-3-4-8-20(17)24/h3-13,26H,14H2,1-2H3. The molecule has 1 N–H and O–H groups in total. The maximum atomic E-state index is 13.9. The third kappa shape index (κ3) is 4.81. The second kappa shape index (κ2) is 9.24. The maximum absolute atomic E-state index is 13.9. The minimum Gasteiger partial charge on any atom is -0.493 e. The van der Waals surface area contributed by atoms with E-state index in [1.165, 1.54) is 6.07 Å². The highest BCUT2D eigenvalue weighted by Gasteiger charge is 2.11. The number of hydrazone groups is 1. The summed E-state index contributed by atoms with van der Waals surface area (Å²) in [5, 5.41) is 4.91. The molecule has 0 aliphatic rings. The van der Waals surface area contributed by atoms with Crippen molar-refractivity contribution in [3.63, 3.8) is 0 Å². The molecule has 6 heteroatoms. The summed E-state index contributed by atoms with van der Waals surface area (Å²) in [7, 11) is 1.55. The van der Waals surface area contributed by atoms with E-state index in [4.69, 9.17) is 21.1 Å². The van der Waals surface area contributed by atoms with E-state index in [2.05, 4.69) is 10.5 Å². The van der Waals surface area contributed by atoms with E-state index in [-0.39, 0.29) is 12.4 Å². The molecule has 28 heavy (non-hydrogen) atoms. The predicted molar refractivity (Wildman–Crippen MR) is 111 cm³/mol. The Morgan fingerprint density at radius 1 is 1.11 bits per heavy atom. The van der Waals surface area contributed by atoms with Gasteiger partial charge in [0, 0.05) is 16.1 Å². The summed E-state index contributed by atoms with van der Waals surface area (Å²) in [6, 6.07) is 17.5. The Hall–Kier alpha value is -3.05. The van der Waals surface area contributed by atoms with Gasteiger partial charge in [-0.05, 0) is 42.8 Å². The molecule has 0 saturated heterocycles. The summed E-state index contributed by atoms with van der Waals surface area (Å²) in [5.41, 5.74) is 5.86. The molecule has 3 aromatic carbocycles. The molecule has 0 aromatic heterocycles. The molecule has 144 valence electrons. The van der Waals surface area contributed by atoms with Gasteiger partial charge in [-0.1, -0.05) is 41.9 Å². The van der Waals surface area contributed by atoms with Crippen molar-refractivity contribution in [1.82, 2.24) is 0 Å². The molecule has 0 unspecified atom stereocenters. The Morgan fingerprint density at radius 3 is 2.68 bits per heavy atom. The van der Waals surface area contributed by atoms with Crippen LogP contribution in [-0.4, -0.2) is 13.3 Å². The number of halogens is 2. The van der Waals surface area contributed by atoms with Crippen LogP contribution in [0.15, 0.2) is 65.8 Å². The number of nitrogens with zero attached hydrogens (tertiary/aromatic N) is 1. The van der Waals surface area contributed by atoms with Gasteiger partial charge in [-0.25, -0.2) is 4.39 Å². The molecule has 0 fully saturated rings. The summed E-state index contributed by atoms with van der Waals surface area (Å²) < 4.78 is 25.1. The van der Waals surface area contributed by atoms with Crippen LogP contribution in [0.2, 0.25) is 5.02 Å². The van der Waals surface area contributed by atoms with Crippen LogP contribution in [0.25, 0.3) is 0 Å². The number of rotatable bonds is 7. The predicted octanol–water partition coefficient (Wildman–Crippen LogP) is 5.82. The van der Waals surface area contributed by atoms with Crippen LogP contribution in [0.3, 0.4) is 0 Å². The molecular formula is C22H20ClFN2O2. The van der Waals surface area contributed by atoms with Gasteiger partial charge in [0.1, 0.15) is 12.4 Å². The third-order valence-corrected chi connectivity index (χ3v) is 4.54. The molecule has 4 nitrogen and oxygen atoms in total. The number of ether oxygens (including phenoxy) is 2. The molecule has 0 bridgehead atoms. The summed E-state index contributed by atoms with van der Waals surface area (Å²) in [4.78, 5) is 0. The van der Waals surface area contributed by atoms with Crippen LogP contribution in [0, 0.1) is 12.7 Å². The fourth-order valence-electron chi connectivity index (χ4n) is 2.55. The molecule has 0 saturated carbocycles. The molecular weight excluding hydrogens is 379 g/mol. The lowest BCUT2D eigenvalue weighted by atomic mass is 10.2. The van der Waals surface area contributed by atoms with Gasteiger partial charge in [0.05, 0.1) is 19.0 Å². The van der Waals surface area contributed by atoms with E-state index in [9.17, 15) is 4.39 Å². The highest BCUT2D eigenvalue weighted by Crippen LogP contribution is 2.31. The SMILES string of the molecule is COc1cccc(C=NNc2ccc(C)c(Cl)c2)c1OCc1ccccc1F. The second-order valence-corrected chi connectivity index (χ2v) is 6.50. The van der Waals surface area contributed by atoms with E-state index >= 15 is 0 Å². The molecule has 0 aliphatic heterocycles. The smallest absolute Gasteiger partial charge is 0.170 e. The number of nitrogens with one attached hydrogen (secondary N) is 1. The molecule has 0 heterocycles. The number of hydrogen-bond donors (Lipinski definition) is 1. The average molecular weight is 399 g/mol. The molecule has 0 atom stereocenters. The van der Waals surface area contributed by atoms with Gasteiger partial charge >= 0.3 is 0 Å². The van der Waals surface area contributed by atoms with Gasteiger partial charge in [-0.15, -0.1) is 0 Å². The highest BCUT2D eigenvalue weighted by atomic mass is 35.5. The topological polar surface area (TPSA) is 42.8 Å². The van der Waals surface area contributed by atoms with Crippen molar-refractivity contribution < 1.29 is 13.9 Å². The van der Waals surface area contributed by atoms with Crippen molar-refractivity contribution in [1.29, 1.82) is 0 Å². The lowest BCUT2D eigenvalue weighted by molar-refractivity contribution is 0.279. The van der Waals surface area contributed by atoms with E-state index < -0.39 is 0 Å². The van der Waals surface area contributed by atoms with E-state index in [1.54, 1.807) is 43.7 Å². The highest BCUT2D eigenvalue weighted by molar-refractivity contribution is 6.31. The monoisotopic (exact) mass is 398 g/mol. The van der Waals surface area contributed by atoms with Crippen LogP contribution in [-0.2, 0) is 6.61 Å². The molecule has 0 aliphatic carbocycles. The average Bonchev–Trinajstić information content (AvgIpc) is 2.70. The Kier molecular flexibility index (Phi) is 6.50. The van der Waals surface area contributed by atoms with Crippen molar-refractivity contribution in [2.75, 3.05) is 12.5 Å².